The van der Waals surface area contributed by atoms with E-state index in [2.05, 4.69) is 11.6 Å². The lowest BCUT2D eigenvalue weighted by atomic mass is 10.2. The van der Waals surface area contributed by atoms with E-state index in [0.29, 0.717) is 13.2 Å². The molecule has 0 spiro atoms. The van der Waals surface area contributed by atoms with Gasteiger partial charge in [-0.15, -0.1) is 0 Å². The SMILES string of the molecule is C=C(CN)COc1cccc2ncccc12. The highest BCUT2D eigenvalue weighted by atomic mass is 16.5. The van der Waals surface area contributed by atoms with E-state index in [-0.39, 0.29) is 0 Å². The van der Waals surface area contributed by atoms with Crippen LogP contribution in [-0.2, 0) is 0 Å². The molecule has 0 aliphatic heterocycles. The van der Waals surface area contributed by atoms with Crippen molar-refractivity contribution in [2.24, 2.45) is 5.73 Å². The highest BCUT2D eigenvalue weighted by Gasteiger charge is 2.02. The van der Waals surface area contributed by atoms with E-state index >= 15 is 0 Å². The summed E-state index contributed by atoms with van der Waals surface area (Å²) >= 11 is 0. The predicted octanol–water partition coefficient (Wildman–Crippen LogP) is 2.13. The molecule has 3 heteroatoms. The summed E-state index contributed by atoms with van der Waals surface area (Å²) in [6.07, 6.45) is 1.77. The number of benzene rings is 1. The summed E-state index contributed by atoms with van der Waals surface area (Å²) in [7, 11) is 0. The number of nitrogens with two attached hydrogens (primary N) is 1. The monoisotopic (exact) mass is 214 g/mol. The molecule has 0 aliphatic carbocycles. The van der Waals surface area contributed by atoms with Gasteiger partial charge >= 0.3 is 0 Å². The maximum Gasteiger partial charge on any atom is 0.129 e. The van der Waals surface area contributed by atoms with Gasteiger partial charge in [0.1, 0.15) is 12.4 Å². The standard InChI is InChI=1S/C13H14N2O/c1-10(8-14)9-16-13-6-2-5-12-11(13)4-3-7-15-12/h2-7H,1,8-9,14H2. The zero-order valence-corrected chi connectivity index (χ0v) is 9.02. The first-order valence-electron chi connectivity index (χ1n) is 5.14. The van der Waals surface area contributed by atoms with Crippen LogP contribution in [0.4, 0.5) is 0 Å². The smallest absolute Gasteiger partial charge is 0.129 e. The van der Waals surface area contributed by atoms with Crippen LogP contribution in [0.3, 0.4) is 0 Å². The van der Waals surface area contributed by atoms with Crippen LogP contribution in [0.15, 0.2) is 48.7 Å². The maximum absolute atomic E-state index is 5.65. The molecule has 0 saturated heterocycles. The Bertz CT molecular complexity index is 503. The van der Waals surface area contributed by atoms with Gasteiger partial charge in [-0.05, 0) is 29.8 Å². The van der Waals surface area contributed by atoms with E-state index in [4.69, 9.17) is 10.5 Å². The molecule has 82 valence electrons. The van der Waals surface area contributed by atoms with Gasteiger partial charge < -0.3 is 10.5 Å². The molecule has 0 bridgehead atoms. The van der Waals surface area contributed by atoms with E-state index in [1.54, 1.807) is 6.20 Å². The Hall–Kier alpha value is -1.87. The number of nitrogens with zero attached hydrogens (tertiary/aromatic N) is 1. The summed E-state index contributed by atoms with van der Waals surface area (Å²) in [6, 6.07) is 9.69. The molecule has 0 amide bonds. The first-order valence-corrected chi connectivity index (χ1v) is 5.14. The summed E-state index contributed by atoms with van der Waals surface area (Å²) < 4.78 is 5.65. The third-order valence-corrected chi connectivity index (χ3v) is 2.33. The van der Waals surface area contributed by atoms with Crippen LogP contribution in [0.2, 0.25) is 0 Å². The predicted molar refractivity (Wildman–Crippen MR) is 65.4 cm³/mol. The molecule has 1 aromatic carbocycles. The number of hydrogen-bond donors (Lipinski definition) is 1. The van der Waals surface area contributed by atoms with Gasteiger partial charge in [-0.25, -0.2) is 0 Å². The zero-order valence-electron chi connectivity index (χ0n) is 9.02. The van der Waals surface area contributed by atoms with E-state index in [0.717, 1.165) is 22.2 Å². The Labute approximate surface area is 94.6 Å². The quantitative estimate of drug-likeness (QED) is 0.793. The fourth-order valence-electron chi connectivity index (χ4n) is 1.44. The molecule has 0 fully saturated rings. The highest BCUT2D eigenvalue weighted by Crippen LogP contribution is 2.23. The molecule has 0 radical (unpaired) electrons. The summed E-state index contributed by atoms with van der Waals surface area (Å²) in [5.74, 6) is 0.820. The van der Waals surface area contributed by atoms with Gasteiger partial charge in [0.15, 0.2) is 0 Å². The van der Waals surface area contributed by atoms with E-state index in [9.17, 15) is 0 Å². The van der Waals surface area contributed by atoms with Crippen molar-refractivity contribution in [3.05, 3.63) is 48.7 Å². The van der Waals surface area contributed by atoms with Gasteiger partial charge in [-0.2, -0.15) is 0 Å². The largest absolute Gasteiger partial charge is 0.489 e. The van der Waals surface area contributed by atoms with Gasteiger partial charge in [0.25, 0.3) is 0 Å². The van der Waals surface area contributed by atoms with Crippen molar-refractivity contribution in [1.29, 1.82) is 0 Å². The average molecular weight is 214 g/mol. The average Bonchev–Trinajstić information content (AvgIpc) is 2.35. The first-order chi connectivity index (χ1) is 7.81. The zero-order chi connectivity index (χ0) is 11.4. The number of pyridine rings is 1. The molecule has 2 N–H and O–H groups in total. The van der Waals surface area contributed by atoms with Crippen molar-refractivity contribution in [1.82, 2.24) is 4.98 Å². The Morgan fingerprint density at radius 1 is 1.31 bits per heavy atom. The minimum absolute atomic E-state index is 0.447. The molecule has 3 nitrogen and oxygen atoms in total. The number of aromatic nitrogens is 1. The van der Waals surface area contributed by atoms with Crippen LogP contribution in [0.25, 0.3) is 10.9 Å². The van der Waals surface area contributed by atoms with Crippen LogP contribution in [0, 0.1) is 0 Å². The van der Waals surface area contributed by atoms with Crippen molar-refractivity contribution in [2.75, 3.05) is 13.2 Å². The van der Waals surface area contributed by atoms with Crippen molar-refractivity contribution in [3.8, 4) is 5.75 Å². The molecular weight excluding hydrogens is 200 g/mol. The molecule has 0 saturated carbocycles. The lowest BCUT2D eigenvalue weighted by molar-refractivity contribution is 0.355. The Morgan fingerprint density at radius 3 is 3.00 bits per heavy atom. The molecule has 1 aromatic heterocycles. The van der Waals surface area contributed by atoms with Crippen molar-refractivity contribution in [2.45, 2.75) is 0 Å². The third kappa shape index (κ3) is 2.20. The summed E-state index contributed by atoms with van der Waals surface area (Å²) in [5, 5.41) is 1.01. The first kappa shape index (κ1) is 10.6. The number of hydrogen-bond acceptors (Lipinski definition) is 3. The maximum atomic E-state index is 5.65. The van der Waals surface area contributed by atoms with Gasteiger partial charge in [-0.3, -0.25) is 4.98 Å². The lowest BCUT2D eigenvalue weighted by Gasteiger charge is -2.09. The molecule has 0 aliphatic rings. The minimum Gasteiger partial charge on any atom is -0.489 e. The summed E-state index contributed by atoms with van der Waals surface area (Å²) in [4.78, 5) is 4.26. The molecular formula is C13H14N2O. The molecule has 2 rings (SSSR count). The van der Waals surface area contributed by atoms with E-state index in [1.165, 1.54) is 0 Å². The third-order valence-electron chi connectivity index (χ3n) is 2.33. The Balaban J connectivity index is 2.27. The minimum atomic E-state index is 0.447. The molecule has 0 unspecified atom stereocenters. The van der Waals surface area contributed by atoms with Crippen LogP contribution in [-0.4, -0.2) is 18.1 Å². The number of ether oxygens (including phenoxy) is 1. The van der Waals surface area contributed by atoms with E-state index < -0.39 is 0 Å². The number of fused-ring (bicyclic) bond motifs is 1. The second-order valence-electron chi connectivity index (χ2n) is 3.57. The molecule has 1 heterocycles. The van der Waals surface area contributed by atoms with Gasteiger partial charge in [0.05, 0.1) is 5.52 Å². The van der Waals surface area contributed by atoms with Crippen LogP contribution in [0.5, 0.6) is 5.75 Å². The fourth-order valence-corrected chi connectivity index (χ4v) is 1.44. The van der Waals surface area contributed by atoms with Crippen molar-refractivity contribution >= 4 is 10.9 Å². The molecule has 2 aromatic rings. The summed E-state index contributed by atoms with van der Waals surface area (Å²) in [6.45, 7) is 4.70. The van der Waals surface area contributed by atoms with Gasteiger partial charge in [-0.1, -0.05) is 12.6 Å². The number of rotatable bonds is 4. The molecule has 16 heavy (non-hydrogen) atoms. The lowest BCUT2D eigenvalue weighted by Crippen LogP contribution is -2.09. The van der Waals surface area contributed by atoms with Crippen LogP contribution >= 0.6 is 0 Å². The van der Waals surface area contributed by atoms with Crippen molar-refractivity contribution < 1.29 is 4.74 Å². The second-order valence-corrected chi connectivity index (χ2v) is 3.57. The summed E-state index contributed by atoms with van der Waals surface area (Å²) in [5.41, 5.74) is 7.26. The van der Waals surface area contributed by atoms with Crippen LogP contribution in [0.1, 0.15) is 0 Å². The second kappa shape index (κ2) is 4.77. The Kier molecular flexibility index (Phi) is 3.17. The fraction of sp³-hybridized carbons (Fsp3) is 0.154. The normalized spacial score (nSPS) is 10.3. The Morgan fingerprint density at radius 2 is 2.19 bits per heavy atom. The van der Waals surface area contributed by atoms with Gasteiger partial charge in [0, 0.05) is 18.1 Å². The topological polar surface area (TPSA) is 48.1 Å². The van der Waals surface area contributed by atoms with E-state index in [1.807, 2.05) is 30.3 Å². The van der Waals surface area contributed by atoms with Crippen LogP contribution < -0.4 is 10.5 Å². The highest BCUT2D eigenvalue weighted by molar-refractivity contribution is 5.84. The molecule has 0 atom stereocenters. The van der Waals surface area contributed by atoms with Crippen molar-refractivity contribution in [3.63, 3.8) is 0 Å². The van der Waals surface area contributed by atoms with Gasteiger partial charge in [0.2, 0.25) is 0 Å².